The molecule has 0 saturated carbocycles. The number of hydrogen-bond acceptors (Lipinski definition) is 5. The van der Waals surface area contributed by atoms with E-state index in [9.17, 15) is 0 Å². The standard InChI is InChI=1S/C22H25N3O2/c1-14(2)17-12-19(26-4)15(3)10-20(17)27-21-13-24-22(23)25-18(21)11-16-8-6-5-7-9-16/h5-10,12-14H,11H2,1-4H3,(H2,23,24,25). The lowest BCUT2D eigenvalue weighted by Crippen LogP contribution is -2.04. The first-order valence-electron chi connectivity index (χ1n) is 8.99. The highest BCUT2D eigenvalue weighted by Crippen LogP contribution is 2.36. The van der Waals surface area contributed by atoms with Crippen molar-refractivity contribution in [3.8, 4) is 17.2 Å². The minimum absolute atomic E-state index is 0.239. The van der Waals surface area contributed by atoms with Gasteiger partial charge in [-0.1, -0.05) is 44.2 Å². The van der Waals surface area contributed by atoms with Crippen molar-refractivity contribution in [3.05, 3.63) is 71.0 Å². The van der Waals surface area contributed by atoms with Gasteiger partial charge in [0.2, 0.25) is 5.95 Å². The minimum atomic E-state index is 0.239. The molecular weight excluding hydrogens is 338 g/mol. The van der Waals surface area contributed by atoms with Gasteiger partial charge in [-0.25, -0.2) is 9.97 Å². The Hall–Kier alpha value is -3.08. The third-order valence-electron chi connectivity index (χ3n) is 4.43. The number of nitrogen functional groups attached to an aromatic ring is 1. The predicted octanol–water partition coefficient (Wildman–Crippen LogP) is 4.88. The number of nitrogens with zero attached hydrogens (tertiary/aromatic N) is 2. The van der Waals surface area contributed by atoms with Gasteiger partial charge in [0.15, 0.2) is 5.75 Å². The van der Waals surface area contributed by atoms with Crippen LogP contribution in [-0.4, -0.2) is 17.1 Å². The van der Waals surface area contributed by atoms with Crippen molar-refractivity contribution in [3.63, 3.8) is 0 Å². The molecule has 0 fully saturated rings. The number of ether oxygens (including phenoxy) is 2. The summed E-state index contributed by atoms with van der Waals surface area (Å²) in [5.41, 5.74) is 9.80. The fourth-order valence-electron chi connectivity index (χ4n) is 2.98. The molecule has 2 aromatic carbocycles. The Bertz CT molecular complexity index is 924. The zero-order chi connectivity index (χ0) is 19.4. The largest absolute Gasteiger partial charge is 0.496 e. The molecule has 27 heavy (non-hydrogen) atoms. The lowest BCUT2D eigenvalue weighted by Gasteiger charge is -2.18. The Morgan fingerprint density at radius 2 is 1.78 bits per heavy atom. The van der Waals surface area contributed by atoms with E-state index in [1.165, 1.54) is 0 Å². The van der Waals surface area contributed by atoms with Gasteiger partial charge in [0.25, 0.3) is 0 Å². The summed E-state index contributed by atoms with van der Waals surface area (Å²) < 4.78 is 11.7. The molecule has 0 aliphatic carbocycles. The number of aryl methyl sites for hydroxylation is 1. The van der Waals surface area contributed by atoms with E-state index < -0.39 is 0 Å². The summed E-state index contributed by atoms with van der Waals surface area (Å²) in [5.74, 6) is 2.76. The Kier molecular flexibility index (Phi) is 5.60. The molecule has 140 valence electrons. The molecule has 3 aromatic rings. The van der Waals surface area contributed by atoms with Crippen LogP contribution in [0.2, 0.25) is 0 Å². The summed E-state index contributed by atoms with van der Waals surface area (Å²) in [6.07, 6.45) is 2.26. The Labute approximate surface area is 160 Å². The van der Waals surface area contributed by atoms with E-state index in [1.807, 2.05) is 37.3 Å². The molecule has 0 atom stereocenters. The summed E-state index contributed by atoms with van der Waals surface area (Å²) in [6.45, 7) is 6.25. The van der Waals surface area contributed by atoms with Crippen molar-refractivity contribution < 1.29 is 9.47 Å². The van der Waals surface area contributed by atoms with Crippen molar-refractivity contribution in [2.24, 2.45) is 0 Å². The maximum atomic E-state index is 6.27. The number of methoxy groups -OCH3 is 1. The first kappa shape index (κ1) is 18.7. The van der Waals surface area contributed by atoms with Crippen molar-refractivity contribution in [1.82, 2.24) is 9.97 Å². The monoisotopic (exact) mass is 363 g/mol. The van der Waals surface area contributed by atoms with Crippen LogP contribution in [-0.2, 0) is 6.42 Å². The average Bonchev–Trinajstić information content (AvgIpc) is 2.64. The van der Waals surface area contributed by atoms with Crippen LogP contribution in [0.3, 0.4) is 0 Å². The number of anilines is 1. The van der Waals surface area contributed by atoms with Crippen LogP contribution in [0.25, 0.3) is 0 Å². The van der Waals surface area contributed by atoms with Crippen LogP contribution < -0.4 is 15.2 Å². The van der Waals surface area contributed by atoms with Gasteiger partial charge in [0.1, 0.15) is 11.5 Å². The van der Waals surface area contributed by atoms with Crippen molar-refractivity contribution in [1.29, 1.82) is 0 Å². The quantitative estimate of drug-likeness (QED) is 0.676. The van der Waals surface area contributed by atoms with Gasteiger partial charge in [-0.05, 0) is 36.1 Å². The Balaban J connectivity index is 2.00. The van der Waals surface area contributed by atoms with Crippen LogP contribution in [0.15, 0.2) is 48.7 Å². The molecule has 1 heterocycles. The molecule has 3 rings (SSSR count). The Morgan fingerprint density at radius 3 is 2.44 bits per heavy atom. The molecule has 0 aliphatic rings. The van der Waals surface area contributed by atoms with E-state index in [4.69, 9.17) is 15.2 Å². The number of nitrogens with two attached hydrogens (primary N) is 1. The van der Waals surface area contributed by atoms with Crippen molar-refractivity contribution >= 4 is 5.95 Å². The van der Waals surface area contributed by atoms with Crippen LogP contribution >= 0.6 is 0 Å². The summed E-state index contributed by atoms with van der Waals surface area (Å²) in [4.78, 5) is 8.54. The molecule has 1 aromatic heterocycles. The summed E-state index contributed by atoms with van der Waals surface area (Å²) >= 11 is 0. The third kappa shape index (κ3) is 4.37. The SMILES string of the molecule is COc1cc(C(C)C)c(Oc2cnc(N)nc2Cc2ccccc2)cc1C. The first-order valence-corrected chi connectivity index (χ1v) is 8.99. The topological polar surface area (TPSA) is 70.3 Å². The van der Waals surface area contributed by atoms with E-state index in [0.717, 1.165) is 33.9 Å². The van der Waals surface area contributed by atoms with Crippen LogP contribution in [0.1, 0.15) is 42.1 Å². The highest BCUT2D eigenvalue weighted by Gasteiger charge is 2.16. The second kappa shape index (κ2) is 8.08. The van der Waals surface area contributed by atoms with Gasteiger partial charge < -0.3 is 15.2 Å². The highest BCUT2D eigenvalue weighted by atomic mass is 16.5. The smallest absolute Gasteiger partial charge is 0.220 e. The molecule has 0 bridgehead atoms. The predicted molar refractivity (Wildman–Crippen MR) is 108 cm³/mol. The van der Waals surface area contributed by atoms with E-state index in [0.29, 0.717) is 12.2 Å². The third-order valence-corrected chi connectivity index (χ3v) is 4.43. The van der Waals surface area contributed by atoms with Gasteiger partial charge in [-0.3, -0.25) is 0 Å². The van der Waals surface area contributed by atoms with E-state index in [2.05, 4.69) is 35.9 Å². The molecule has 0 saturated heterocycles. The number of rotatable bonds is 6. The molecule has 5 nitrogen and oxygen atoms in total. The Morgan fingerprint density at radius 1 is 1.04 bits per heavy atom. The summed E-state index contributed by atoms with van der Waals surface area (Å²) in [7, 11) is 1.68. The molecule has 0 unspecified atom stereocenters. The number of aromatic nitrogens is 2. The van der Waals surface area contributed by atoms with Crippen molar-refractivity contribution in [2.75, 3.05) is 12.8 Å². The molecule has 0 spiro atoms. The second-order valence-corrected chi connectivity index (χ2v) is 6.82. The zero-order valence-electron chi connectivity index (χ0n) is 16.2. The lowest BCUT2D eigenvalue weighted by molar-refractivity contribution is 0.407. The van der Waals surface area contributed by atoms with Crippen molar-refractivity contribution in [2.45, 2.75) is 33.1 Å². The van der Waals surface area contributed by atoms with Crippen LogP contribution in [0.5, 0.6) is 17.2 Å². The maximum Gasteiger partial charge on any atom is 0.220 e. The van der Waals surface area contributed by atoms with Gasteiger partial charge in [-0.2, -0.15) is 0 Å². The highest BCUT2D eigenvalue weighted by molar-refractivity contribution is 5.49. The molecule has 0 amide bonds. The van der Waals surface area contributed by atoms with E-state index in [-0.39, 0.29) is 11.9 Å². The summed E-state index contributed by atoms with van der Waals surface area (Å²) in [5, 5.41) is 0. The minimum Gasteiger partial charge on any atom is -0.496 e. The normalized spacial score (nSPS) is 10.9. The molecular formula is C22H25N3O2. The second-order valence-electron chi connectivity index (χ2n) is 6.82. The fourth-order valence-corrected chi connectivity index (χ4v) is 2.98. The van der Waals surface area contributed by atoms with Gasteiger partial charge >= 0.3 is 0 Å². The maximum absolute atomic E-state index is 6.27. The summed E-state index contributed by atoms with van der Waals surface area (Å²) in [6, 6.07) is 14.1. The number of hydrogen-bond donors (Lipinski definition) is 1. The number of benzene rings is 2. The zero-order valence-corrected chi connectivity index (χ0v) is 16.2. The molecule has 5 heteroatoms. The van der Waals surface area contributed by atoms with E-state index in [1.54, 1.807) is 13.3 Å². The van der Waals surface area contributed by atoms with Crippen LogP contribution in [0.4, 0.5) is 5.95 Å². The fraction of sp³-hybridized carbons (Fsp3) is 0.273. The first-order chi connectivity index (χ1) is 13.0. The molecule has 2 N–H and O–H groups in total. The van der Waals surface area contributed by atoms with E-state index >= 15 is 0 Å². The van der Waals surface area contributed by atoms with Gasteiger partial charge in [0, 0.05) is 12.0 Å². The lowest BCUT2D eigenvalue weighted by atomic mass is 9.99. The van der Waals surface area contributed by atoms with Gasteiger partial charge in [0.05, 0.1) is 19.0 Å². The van der Waals surface area contributed by atoms with Crippen LogP contribution in [0, 0.1) is 6.92 Å². The molecule has 0 aliphatic heterocycles. The average molecular weight is 363 g/mol. The van der Waals surface area contributed by atoms with Gasteiger partial charge in [-0.15, -0.1) is 0 Å². The molecule has 0 radical (unpaired) electrons.